The number of nitrogens with zero attached hydrogens (tertiary/aromatic N) is 1. The molecule has 0 aromatic rings. The zero-order valence-electron chi connectivity index (χ0n) is 10.6. The zero-order chi connectivity index (χ0) is 12.4. The fourth-order valence-corrected chi connectivity index (χ4v) is 2.82. The van der Waals surface area contributed by atoms with Crippen LogP contribution >= 0.6 is 0 Å². The molecule has 1 N–H and O–H groups in total. The van der Waals surface area contributed by atoms with Gasteiger partial charge in [0.15, 0.2) is 0 Å². The molecule has 0 spiro atoms. The minimum absolute atomic E-state index is 0.0890. The second-order valence-corrected chi connectivity index (χ2v) is 5.01. The lowest BCUT2D eigenvalue weighted by Crippen LogP contribution is -2.31. The van der Waals surface area contributed by atoms with Gasteiger partial charge in [0.2, 0.25) is 0 Å². The first kappa shape index (κ1) is 12.6. The third kappa shape index (κ3) is 2.53. The number of aliphatic hydroxyl groups excluding tert-OH is 1. The van der Waals surface area contributed by atoms with Gasteiger partial charge in [-0.05, 0) is 33.2 Å². The van der Waals surface area contributed by atoms with Crippen LogP contribution in [0.1, 0.15) is 26.7 Å². The summed E-state index contributed by atoms with van der Waals surface area (Å²) in [6, 6.07) is 0.406. The van der Waals surface area contributed by atoms with Gasteiger partial charge in [-0.25, -0.2) is 4.79 Å². The topological polar surface area (TPSA) is 49.8 Å². The fourth-order valence-electron chi connectivity index (χ4n) is 2.82. The SMILES string of the molecule is C/C=C(/C)C(=O)OC[C@@H]1[C@H]2CCCN2C[C@@H]1O. The van der Waals surface area contributed by atoms with Gasteiger partial charge in [-0.1, -0.05) is 6.08 Å². The van der Waals surface area contributed by atoms with Gasteiger partial charge in [-0.3, -0.25) is 4.90 Å². The number of rotatable bonds is 3. The highest BCUT2D eigenvalue weighted by molar-refractivity contribution is 5.87. The van der Waals surface area contributed by atoms with Crippen molar-refractivity contribution in [3.8, 4) is 0 Å². The Morgan fingerprint density at radius 3 is 3.06 bits per heavy atom. The number of aliphatic hydroxyl groups is 1. The molecule has 0 unspecified atom stereocenters. The van der Waals surface area contributed by atoms with Crippen LogP contribution in [-0.2, 0) is 9.53 Å². The standard InChI is InChI=1S/C13H21NO3/c1-3-9(2)13(16)17-8-10-11-5-4-6-14(11)7-12(10)15/h3,10-12,15H,4-8H2,1-2H3/b9-3-/t10-,11-,12+/m1/s1. The molecule has 96 valence electrons. The van der Waals surface area contributed by atoms with E-state index in [1.807, 2.05) is 6.92 Å². The number of hydrogen-bond acceptors (Lipinski definition) is 4. The Morgan fingerprint density at radius 1 is 1.59 bits per heavy atom. The molecule has 0 saturated carbocycles. The van der Waals surface area contributed by atoms with E-state index in [4.69, 9.17) is 4.74 Å². The lowest BCUT2D eigenvalue weighted by molar-refractivity contribution is -0.141. The molecule has 0 aliphatic carbocycles. The van der Waals surface area contributed by atoms with Gasteiger partial charge < -0.3 is 9.84 Å². The van der Waals surface area contributed by atoms with Gasteiger partial charge in [0.1, 0.15) is 0 Å². The predicted molar refractivity (Wildman–Crippen MR) is 64.5 cm³/mol. The van der Waals surface area contributed by atoms with Crippen LogP contribution in [0.15, 0.2) is 11.6 Å². The van der Waals surface area contributed by atoms with E-state index in [9.17, 15) is 9.90 Å². The van der Waals surface area contributed by atoms with Crippen molar-refractivity contribution in [3.05, 3.63) is 11.6 Å². The van der Waals surface area contributed by atoms with Gasteiger partial charge in [0.25, 0.3) is 0 Å². The average molecular weight is 239 g/mol. The van der Waals surface area contributed by atoms with Crippen LogP contribution < -0.4 is 0 Å². The monoisotopic (exact) mass is 239 g/mol. The molecule has 0 amide bonds. The third-order valence-electron chi connectivity index (χ3n) is 3.99. The minimum atomic E-state index is -0.348. The van der Waals surface area contributed by atoms with E-state index in [0.717, 1.165) is 19.5 Å². The number of carbonyl (C=O) groups is 1. The van der Waals surface area contributed by atoms with Crippen LogP contribution in [0.5, 0.6) is 0 Å². The summed E-state index contributed by atoms with van der Waals surface area (Å²) in [5.41, 5.74) is 0.626. The maximum Gasteiger partial charge on any atom is 0.333 e. The van der Waals surface area contributed by atoms with Crippen molar-refractivity contribution >= 4 is 5.97 Å². The van der Waals surface area contributed by atoms with Crippen LogP contribution in [-0.4, -0.2) is 47.8 Å². The van der Waals surface area contributed by atoms with Crippen LogP contribution in [0.3, 0.4) is 0 Å². The summed E-state index contributed by atoms with van der Waals surface area (Å²) in [5.74, 6) is -0.178. The van der Waals surface area contributed by atoms with Gasteiger partial charge in [-0.2, -0.15) is 0 Å². The Morgan fingerprint density at radius 2 is 2.35 bits per heavy atom. The van der Waals surface area contributed by atoms with Crippen molar-refractivity contribution in [2.24, 2.45) is 5.92 Å². The quantitative estimate of drug-likeness (QED) is 0.588. The first-order chi connectivity index (χ1) is 8.13. The number of ether oxygens (including phenoxy) is 1. The Balaban J connectivity index is 1.88. The van der Waals surface area contributed by atoms with Gasteiger partial charge in [-0.15, -0.1) is 0 Å². The van der Waals surface area contributed by atoms with E-state index in [-0.39, 0.29) is 18.0 Å². The molecular formula is C13H21NO3. The van der Waals surface area contributed by atoms with E-state index < -0.39 is 0 Å². The van der Waals surface area contributed by atoms with Crippen LogP contribution in [0, 0.1) is 5.92 Å². The molecular weight excluding hydrogens is 218 g/mol. The molecule has 2 rings (SSSR count). The third-order valence-corrected chi connectivity index (χ3v) is 3.99. The van der Waals surface area contributed by atoms with Crippen LogP contribution in [0.4, 0.5) is 0 Å². The molecule has 0 bridgehead atoms. The lowest BCUT2D eigenvalue weighted by Gasteiger charge is -2.20. The van der Waals surface area contributed by atoms with Crippen LogP contribution in [0.2, 0.25) is 0 Å². The smallest absolute Gasteiger partial charge is 0.333 e. The molecule has 3 atom stereocenters. The Labute approximate surface area is 102 Å². The summed E-state index contributed by atoms with van der Waals surface area (Å²) in [5, 5.41) is 9.96. The number of carbonyl (C=O) groups excluding carboxylic acids is 1. The number of fused-ring (bicyclic) bond motifs is 1. The first-order valence-corrected chi connectivity index (χ1v) is 6.35. The molecule has 4 nitrogen and oxygen atoms in total. The summed E-state index contributed by atoms with van der Waals surface area (Å²) >= 11 is 0. The highest BCUT2D eigenvalue weighted by Gasteiger charge is 2.43. The highest BCUT2D eigenvalue weighted by atomic mass is 16.5. The van der Waals surface area contributed by atoms with Gasteiger partial charge in [0.05, 0.1) is 12.7 Å². The summed E-state index contributed by atoms with van der Waals surface area (Å²) in [4.78, 5) is 13.9. The fraction of sp³-hybridized carbons (Fsp3) is 0.769. The zero-order valence-corrected chi connectivity index (χ0v) is 10.6. The molecule has 2 fully saturated rings. The van der Waals surface area contributed by atoms with Crippen molar-refractivity contribution in [1.82, 2.24) is 4.90 Å². The minimum Gasteiger partial charge on any atom is -0.462 e. The van der Waals surface area contributed by atoms with Crippen molar-refractivity contribution < 1.29 is 14.6 Å². The Bertz CT molecular complexity index is 327. The van der Waals surface area contributed by atoms with Gasteiger partial charge in [0, 0.05) is 24.1 Å². The molecule has 4 heteroatoms. The van der Waals surface area contributed by atoms with E-state index in [1.54, 1.807) is 13.0 Å². The summed E-state index contributed by atoms with van der Waals surface area (Å²) in [7, 11) is 0. The molecule has 2 aliphatic rings. The molecule has 0 radical (unpaired) electrons. The second-order valence-electron chi connectivity index (χ2n) is 5.01. The normalized spacial score (nSPS) is 33.8. The summed E-state index contributed by atoms with van der Waals surface area (Å²) in [6.07, 6.45) is 3.70. The van der Waals surface area contributed by atoms with Crippen molar-refractivity contribution in [3.63, 3.8) is 0 Å². The Hall–Kier alpha value is -0.870. The molecule has 0 aromatic carbocycles. The lowest BCUT2D eigenvalue weighted by atomic mass is 9.97. The summed E-state index contributed by atoms with van der Waals surface area (Å²) in [6.45, 7) is 5.71. The second kappa shape index (κ2) is 5.19. The maximum atomic E-state index is 11.5. The highest BCUT2D eigenvalue weighted by Crippen LogP contribution is 2.33. The molecule has 2 aliphatic heterocycles. The number of hydrogen-bond donors (Lipinski definition) is 1. The van der Waals surface area contributed by atoms with Crippen molar-refractivity contribution in [1.29, 1.82) is 0 Å². The number of allylic oxidation sites excluding steroid dienone is 1. The predicted octanol–water partition coefficient (Wildman–Crippen LogP) is 0.951. The van der Waals surface area contributed by atoms with E-state index in [1.165, 1.54) is 6.42 Å². The molecule has 17 heavy (non-hydrogen) atoms. The molecule has 2 saturated heterocycles. The maximum absolute atomic E-state index is 11.5. The summed E-state index contributed by atoms with van der Waals surface area (Å²) < 4.78 is 5.26. The van der Waals surface area contributed by atoms with E-state index >= 15 is 0 Å². The van der Waals surface area contributed by atoms with Crippen molar-refractivity contribution in [2.75, 3.05) is 19.7 Å². The van der Waals surface area contributed by atoms with Crippen LogP contribution in [0.25, 0.3) is 0 Å². The molecule has 2 heterocycles. The first-order valence-electron chi connectivity index (χ1n) is 6.35. The van der Waals surface area contributed by atoms with E-state index in [0.29, 0.717) is 18.2 Å². The largest absolute Gasteiger partial charge is 0.462 e. The molecule has 0 aromatic heterocycles. The van der Waals surface area contributed by atoms with Crippen molar-refractivity contribution in [2.45, 2.75) is 38.8 Å². The average Bonchev–Trinajstić information content (AvgIpc) is 2.86. The Kier molecular flexibility index (Phi) is 3.84. The van der Waals surface area contributed by atoms with Gasteiger partial charge >= 0.3 is 5.97 Å². The number of esters is 1. The van der Waals surface area contributed by atoms with E-state index in [2.05, 4.69) is 4.90 Å².